The van der Waals surface area contributed by atoms with Crippen molar-refractivity contribution >= 4 is 23.6 Å². The van der Waals surface area contributed by atoms with Crippen LogP contribution in [0.25, 0.3) is 0 Å². The van der Waals surface area contributed by atoms with E-state index in [4.69, 9.17) is 5.11 Å². The number of nitrogens with one attached hydrogen (secondary N) is 1. The lowest BCUT2D eigenvalue weighted by molar-refractivity contribution is -0.141. The Kier molecular flexibility index (Phi) is 6.35. The van der Waals surface area contributed by atoms with Crippen molar-refractivity contribution in [2.45, 2.75) is 30.7 Å². The molecule has 1 atom stereocenters. The predicted octanol–water partition coefficient (Wildman–Crippen LogP) is 2.29. The SMILES string of the molecule is CCC[C@@H](NC(=O)CSc1ccc(F)cc1)C(=O)O. The Bertz CT molecular complexity index is 436. The first-order valence-corrected chi connectivity index (χ1v) is 6.92. The molecule has 6 heteroatoms. The van der Waals surface area contributed by atoms with Crippen molar-refractivity contribution < 1.29 is 19.1 Å². The molecule has 0 saturated heterocycles. The molecule has 0 heterocycles. The zero-order valence-electron chi connectivity index (χ0n) is 10.6. The van der Waals surface area contributed by atoms with Gasteiger partial charge >= 0.3 is 5.97 Å². The highest BCUT2D eigenvalue weighted by Gasteiger charge is 2.18. The predicted molar refractivity (Wildman–Crippen MR) is 71.6 cm³/mol. The third kappa shape index (κ3) is 5.74. The van der Waals surface area contributed by atoms with Crippen molar-refractivity contribution in [2.75, 3.05) is 5.75 Å². The maximum atomic E-state index is 12.7. The van der Waals surface area contributed by atoms with Crippen LogP contribution in [0.5, 0.6) is 0 Å². The lowest BCUT2D eigenvalue weighted by Crippen LogP contribution is -2.41. The number of thioether (sulfide) groups is 1. The van der Waals surface area contributed by atoms with Gasteiger partial charge in [0.1, 0.15) is 11.9 Å². The van der Waals surface area contributed by atoms with E-state index < -0.39 is 12.0 Å². The summed E-state index contributed by atoms with van der Waals surface area (Å²) in [6.07, 6.45) is 1.09. The quantitative estimate of drug-likeness (QED) is 0.754. The molecule has 1 aromatic carbocycles. The summed E-state index contributed by atoms with van der Waals surface area (Å²) in [5.74, 6) is -1.58. The van der Waals surface area contributed by atoms with Crippen LogP contribution in [0.3, 0.4) is 0 Å². The van der Waals surface area contributed by atoms with Gasteiger partial charge in [-0.3, -0.25) is 4.79 Å². The molecule has 0 unspecified atom stereocenters. The number of rotatable bonds is 7. The summed E-state index contributed by atoms with van der Waals surface area (Å²) >= 11 is 1.24. The van der Waals surface area contributed by atoms with Crippen molar-refractivity contribution in [3.63, 3.8) is 0 Å². The maximum absolute atomic E-state index is 12.7. The Hall–Kier alpha value is -1.56. The third-order valence-electron chi connectivity index (χ3n) is 2.39. The Morgan fingerprint density at radius 2 is 2.00 bits per heavy atom. The first-order chi connectivity index (χ1) is 9.02. The van der Waals surface area contributed by atoms with Crippen LogP contribution in [-0.4, -0.2) is 28.8 Å². The van der Waals surface area contributed by atoms with E-state index >= 15 is 0 Å². The van der Waals surface area contributed by atoms with E-state index in [0.29, 0.717) is 12.8 Å². The molecule has 0 fully saturated rings. The van der Waals surface area contributed by atoms with Gasteiger partial charge in [-0.25, -0.2) is 9.18 Å². The fraction of sp³-hybridized carbons (Fsp3) is 0.385. The van der Waals surface area contributed by atoms with Gasteiger partial charge in [-0.15, -0.1) is 11.8 Å². The summed E-state index contributed by atoms with van der Waals surface area (Å²) in [7, 11) is 0. The summed E-state index contributed by atoms with van der Waals surface area (Å²) in [4.78, 5) is 23.2. The number of amides is 1. The number of carbonyl (C=O) groups excluding carboxylic acids is 1. The molecular formula is C13H16FNO3S. The Labute approximate surface area is 115 Å². The fourth-order valence-corrected chi connectivity index (χ4v) is 2.17. The number of hydrogen-bond donors (Lipinski definition) is 2. The number of carboxylic acid groups (broad SMARTS) is 1. The molecule has 2 N–H and O–H groups in total. The third-order valence-corrected chi connectivity index (χ3v) is 3.41. The zero-order chi connectivity index (χ0) is 14.3. The van der Waals surface area contributed by atoms with Crippen molar-refractivity contribution in [2.24, 2.45) is 0 Å². The van der Waals surface area contributed by atoms with Crippen LogP contribution in [0.1, 0.15) is 19.8 Å². The first-order valence-electron chi connectivity index (χ1n) is 5.93. The standard InChI is InChI=1S/C13H16FNO3S/c1-2-3-11(13(17)18)15-12(16)8-19-10-6-4-9(14)5-7-10/h4-7,11H,2-3,8H2,1H3,(H,15,16)(H,17,18)/t11-/m1/s1. The van der Waals surface area contributed by atoms with Crippen LogP contribution in [0.2, 0.25) is 0 Å². The number of carboxylic acids is 1. The molecule has 104 valence electrons. The van der Waals surface area contributed by atoms with Crippen LogP contribution < -0.4 is 5.32 Å². The van der Waals surface area contributed by atoms with Crippen molar-refractivity contribution in [3.8, 4) is 0 Å². The molecule has 1 aromatic rings. The van der Waals surface area contributed by atoms with Crippen LogP contribution >= 0.6 is 11.8 Å². The Balaban J connectivity index is 2.42. The average molecular weight is 285 g/mol. The lowest BCUT2D eigenvalue weighted by atomic mass is 10.2. The molecule has 1 amide bonds. The maximum Gasteiger partial charge on any atom is 0.326 e. The molecule has 0 aliphatic heterocycles. The Morgan fingerprint density at radius 1 is 1.37 bits per heavy atom. The highest BCUT2D eigenvalue weighted by Crippen LogP contribution is 2.17. The number of aliphatic carboxylic acids is 1. The van der Waals surface area contributed by atoms with E-state index in [1.54, 1.807) is 12.1 Å². The number of halogens is 1. The normalized spacial score (nSPS) is 11.9. The van der Waals surface area contributed by atoms with Gasteiger partial charge in [0.2, 0.25) is 5.91 Å². The molecule has 0 aliphatic rings. The highest BCUT2D eigenvalue weighted by molar-refractivity contribution is 8.00. The molecule has 0 radical (unpaired) electrons. The van der Waals surface area contributed by atoms with Gasteiger partial charge < -0.3 is 10.4 Å². The molecule has 0 aliphatic carbocycles. The molecule has 0 spiro atoms. The smallest absolute Gasteiger partial charge is 0.326 e. The molecule has 0 saturated carbocycles. The largest absolute Gasteiger partial charge is 0.480 e. The van der Waals surface area contributed by atoms with E-state index in [9.17, 15) is 14.0 Å². The molecule has 1 rings (SSSR count). The van der Waals surface area contributed by atoms with Crippen molar-refractivity contribution in [3.05, 3.63) is 30.1 Å². The van der Waals surface area contributed by atoms with Gasteiger partial charge in [-0.05, 0) is 30.7 Å². The van der Waals surface area contributed by atoms with E-state index in [0.717, 1.165) is 4.90 Å². The molecule has 19 heavy (non-hydrogen) atoms. The van der Waals surface area contributed by atoms with Crippen LogP contribution in [0.15, 0.2) is 29.2 Å². The second kappa shape index (κ2) is 7.78. The van der Waals surface area contributed by atoms with Crippen LogP contribution in [0.4, 0.5) is 4.39 Å². The fourth-order valence-electron chi connectivity index (χ4n) is 1.46. The summed E-state index contributed by atoms with van der Waals surface area (Å²) in [6.45, 7) is 1.86. The highest BCUT2D eigenvalue weighted by atomic mass is 32.2. The van der Waals surface area contributed by atoms with Gasteiger partial charge in [0.15, 0.2) is 0 Å². The summed E-state index contributed by atoms with van der Waals surface area (Å²) in [6, 6.07) is 4.95. The number of benzene rings is 1. The number of carbonyl (C=O) groups is 2. The summed E-state index contributed by atoms with van der Waals surface area (Å²) in [5.41, 5.74) is 0. The van der Waals surface area contributed by atoms with Crippen LogP contribution in [-0.2, 0) is 9.59 Å². The van der Waals surface area contributed by atoms with Crippen molar-refractivity contribution in [1.82, 2.24) is 5.32 Å². The minimum absolute atomic E-state index is 0.110. The molecule has 0 bridgehead atoms. The topological polar surface area (TPSA) is 66.4 Å². The monoisotopic (exact) mass is 285 g/mol. The Morgan fingerprint density at radius 3 is 2.53 bits per heavy atom. The first kappa shape index (κ1) is 15.5. The average Bonchev–Trinajstić information content (AvgIpc) is 2.37. The summed E-state index contributed by atoms with van der Waals surface area (Å²) in [5, 5.41) is 11.4. The lowest BCUT2D eigenvalue weighted by Gasteiger charge is -2.13. The molecule has 4 nitrogen and oxygen atoms in total. The second-order valence-electron chi connectivity index (χ2n) is 3.99. The van der Waals surface area contributed by atoms with Gasteiger partial charge in [-0.1, -0.05) is 13.3 Å². The van der Waals surface area contributed by atoms with Crippen LogP contribution in [0, 0.1) is 5.82 Å². The van der Waals surface area contributed by atoms with Crippen molar-refractivity contribution in [1.29, 1.82) is 0 Å². The number of hydrogen-bond acceptors (Lipinski definition) is 3. The summed E-state index contributed by atoms with van der Waals surface area (Å²) < 4.78 is 12.7. The minimum Gasteiger partial charge on any atom is -0.480 e. The van der Waals surface area contributed by atoms with Gasteiger partial charge in [0.25, 0.3) is 0 Å². The van der Waals surface area contributed by atoms with E-state index in [2.05, 4.69) is 5.32 Å². The second-order valence-corrected chi connectivity index (χ2v) is 5.04. The zero-order valence-corrected chi connectivity index (χ0v) is 11.4. The van der Waals surface area contributed by atoms with Gasteiger partial charge in [0, 0.05) is 4.90 Å². The van der Waals surface area contributed by atoms with E-state index in [-0.39, 0.29) is 17.5 Å². The molecular weight excluding hydrogens is 269 g/mol. The van der Waals surface area contributed by atoms with Gasteiger partial charge in [-0.2, -0.15) is 0 Å². The van der Waals surface area contributed by atoms with Gasteiger partial charge in [0.05, 0.1) is 5.75 Å². The molecule has 0 aromatic heterocycles. The van der Waals surface area contributed by atoms with E-state index in [1.807, 2.05) is 6.92 Å². The van der Waals surface area contributed by atoms with E-state index in [1.165, 1.54) is 23.9 Å². The minimum atomic E-state index is -1.03.